The second-order valence-corrected chi connectivity index (χ2v) is 8.54. The molecule has 2 aromatic carbocycles. The van der Waals surface area contributed by atoms with Crippen molar-refractivity contribution in [2.45, 2.75) is 44.1 Å². The summed E-state index contributed by atoms with van der Waals surface area (Å²) in [6, 6.07) is 15.8. The lowest BCUT2D eigenvalue weighted by Gasteiger charge is -2.46. The number of hydrogen-bond donors (Lipinski definition) is 4. The number of amides is 2. The summed E-state index contributed by atoms with van der Waals surface area (Å²) in [7, 11) is 0. The van der Waals surface area contributed by atoms with Gasteiger partial charge in [-0.3, -0.25) is 9.59 Å². The Kier molecular flexibility index (Phi) is 5.43. The van der Waals surface area contributed by atoms with Gasteiger partial charge in [-0.2, -0.15) is 5.53 Å². The quantitative estimate of drug-likeness (QED) is 0.602. The van der Waals surface area contributed by atoms with Gasteiger partial charge in [-0.1, -0.05) is 42.5 Å². The average Bonchev–Trinajstić information content (AvgIpc) is 3.22. The van der Waals surface area contributed by atoms with Gasteiger partial charge in [0, 0.05) is 18.5 Å². The summed E-state index contributed by atoms with van der Waals surface area (Å²) >= 11 is 0. The maximum atomic E-state index is 13.7. The van der Waals surface area contributed by atoms with Crippen LogP contribution in [0.15, 0.2) is 54.6 Å². The maximum Gasteiger partial charge on any atom is 0.226 e. The molecule has 0 bridgehead atoms. The normalized spacial score (nSPS) is 30.2. The number of benzene rings is 2. The molecule has 2 amide bonds. The molecule has 4 N–H and O–H groups in total. The van der Waals surface area contributed by atoms with Crippen molar-refractivity contribution >= 4 is 11.8 Å². The highest BCUT2D eigenvalue weighted by Gasteiger charge is 2.51. The van der Waals surface area contributed by atoms with Gasteiger partial charge in [-0.15, -0.1) is 0 Å². The van der Waals surface area contributed by atoms with E-state index in [9.17, 15) is 14.0 Å². The lowest BCUT2D eigenvalue weighted by Crippen LogP contribution is -2.65. The van der Waals surface area contributed by atoms with Crippen LogP contribution in [0.4, 0.5) is 4.39 Å². The van der Waals surface area contributed by atoms with Crippen LogP contribution in [-0.4, -0.2) is 29.0 Å². The molecule has 0 aromatic heterocycles. The monoisotopic (exact) mass is 423 g/mol. The van der Waals surface area contributed by atoms with Crippen molar-refractivity contribution in [2.24, 2.45) is 11.8 Å². The lowest BCUT2D eigenvalue weighted by atomic mass is 9.75. The van der Waals surface area contributed by atoms with Crippen molar-refractivity contribution in [3.8, 4) is 0 Å². The van der Waals surface area contributed by atoms with E-state index < -0.39 is 0 Å². The van der Waals surface area contributed by atoms with Crippen LogP contribution in [0.25, 0.3) is 0 Å². The third-order valence-electron chi connectivity index (χ3n) is 6.65. The number of nitrogens with zero attached hydrogens (tertiary/aromatic N) is 1. The predicted molar refractivity (Wildman–Crippen MR) is 112 cm³/mol. The van der Waals surface area contributed by atoms with Crippen LogP contribution in [0.5, 0.6) is 0 Å². The molecule has 1 saturated carbocycles. The lowest BCUT2D eigenvalue weighted by molar-refractivity contribution is -0.143. The minimum atomic E-state index is -0.346. The molecular formula is C23H26FN5O2. The molecule has 3 aliphatic rings. The summed E-state index contributed by atoms with van der Waals surface area (Å²) in [4.78, 5) is 25.7. The summed E-state index contributed by atoms with van der Waals surface area (Å²) in [5.74, 6) is -0.605. The first-order valence-electron chi connectivity index (χ1n) is 10.8. The second kappa shape index (κ2) is 8.37. The minimum absolute atomic E-state index is 0.00120. The Morgan fingerprint density at radius 1 is 1.13 bits per heavy atom. The van der Waals surface area contributed by atoms with E-state index in [2.05, 4.69) is 21.6 Å². The topological polar surface area (TPSA) is 85.5 Å². The van der Waals surface area contributed by atoms with Crippen LogP contribution in [0, 0.1) is 17.7 Å². The standard InChI is InChI=1S/C23H26FN5O2/c24-17-8-4-7-15(11-17)20-21-26-23(31)18-10-9-16(12-19(18)29(21)28-27-20)22(30)25-13-14-5-2-1-3-6-14/h1-8,11,16,18-21,27-28H,9-10,12-13H2,(H,25,30)(H,26,31). The molecule has 0 radical (unpaired) electrons. The zero-order chi connectivity index (χ0) is 21.4. The van der Waals surface area contributed by atoms with Gasteiger partial charge in [0.25, 0.3) is 0 Å². The van der Waals surface area contributed by atoms with E-state index in [0.29, 0.717) is 25.8 Å². The number of halogens is 1. The number of hydrazine groups is 2. The van der Waals surface area contributed by atoms with Crippen LogP contribution in [-0.2, 0) is 16.1 Å². The van der Waals surface area contributed by atoms with Crippen molar-refractivity contribution in [1.29, 1.82) is 0 Å². The van der Waals surface area contributed by atoms with Gasteiger partial charge in [-0.05, 0) is 42.5 Å². The van der Waals surface area contributed by atoms with Gasteiger partial charge in [-0.25, -0.2) is 14.8 Å². The van der Waals surface area contributed by atoms with E-state index in [1.165, 1.54) is 12.1 Å². The molecule has 0 spiro atoms. The third kappa shape index (κ3) is 3.94. The third-order valence-corrected chi connectivity index (χ3v) is 6.65. The Morgan fingerprint density at radius 2 is 1.97 bits per heavy atom. The van der Waals surface area contributed by atoms with Gasteiger partial charge >= 0.3 is 0 Å². The number of carbonyl (C=O) groups excluding carboxylic acids is 2. The summed E-state index contributed by atoms with van der Waals surface area (Å²) in [6.07, 6.45) is 1.60. The highest BCUT2D eigenvalue weighted by atomic mass is 19.1. The molecule has 2 heterocycles. The van der Waals surface area contributed by atoms with Crippen LogP contribution in [0.3, 0.4) is 0 Å². The molecule has 2 aromatic rings. The summed E-state index contributed by atoms with van der Waals surface area (Å²) in [5.41, 5.74) is 8.17. The Bertz CT molecular complexity index is 971. The highest BCUT2D eigenvalue weighted by molar-refractivity contribution is 5.83. The van der Waals surface area contributed by atoms with Crippen molar-refractivity contribution in [3.63, 3.8) is 0 Å². The Balaban J connectivity index is 1.28. The maximum absolute atomic E-state index is 13.7. The molecule has 31 heavy (non-hydrogen) atoms. The predicted octanol–water partition coefficient (Wildman–Crippen LogP) is 1.75. The van der Waals surface area contributed by atoms with Crippen LogP contribution < -0.4 is 21.6 Å². The molecule has 7 nitrogen and oxygen atoms in total. The molecule has 162 valence electrons. The van der Waals surface area contributed by atoms with Gasteiger partial charge in [0.15, 0.2) is 0 Å². The second-order valence-electron chi connectivity index (χ2n) is 8.54. The van der Waals surface area contributed by atoms with Crippen LogP contribution in [0.2, 0.25) is 0 Å². The summed E-state index contributed by atoms with van der Waals surface area (Å²) in [5, 5.41) is 8.11. The van der Waals surface area contributed by atoms with Crippen molar-refractivity contribution in [3.05, 3.63) is 71.5 Å². The zero-order valence-electron chi connectivity index (χ0n) is 17.1. The number of rotatable bonds is 4. The Morgan fingerprint density at radius 3 is 2.77 bits per heavy atom. The van der Waals surface area contributed by atoms with Gasteiger partial charge in [0.1, 0.15) is 12.0 Å². The summed E-state index contributed by atoms with van der Waals surface area (Å²) < 4.78 is 13.7. The average molecular weight is 423 g/mol. The summed E-state index contributed by atoms with van der Waals surface area (Å²) in [6.45, 7) is 0.499. The van der Waals surface area contributed by atoms with Crippen LogP contribution >= 0.6 is 0 Å². The molecule has 2 saturated heterocycles. The molecule has 5 rings (SSSR count). The van der Waals surface area contributed by atoms with Crippen molar-refractivity contribution in [1.82, 2.24) is 26.6 Å². The fourth-order valence-electron chi connectivity index (χ4n) is 5.04. The first-order valence-corrected chi connectivity index (χ1v) is 10.8. The fraction of sp³-hybridized carbons (Fsp3) is 0.391. The van der Waals surface area contributed by atoms with Crippen molar-refractivity contribution < 1.29 is 14.0 Å². The molecule has 2 aliphatic heterocycles. The first kappa shape index (κ1) is 20.1. The van der Waals surface area contributed by atoms with E-state index in [1.54, 1.807) is 6.07 Å². The van der Waals surface area contributed by atoms with E-state index in [4.69, 9.17) is 0 Å². The largest absolute Gasteiger partial charge is 0.352 e. The highest BCUT2D eigenvalue weighted by Crippen LogP contribution is 2.38. The van der Waals surface area contributed by atoms with Gasteiger partial charge in [0.05, 0.1) is 12.0 Å². The number of nitrogens with one attached hydrogen (secondary N) is 4. The van der Waals surface area contributed by atoms with Gasteiger partial charge in [0.2, 0.25) is 11.8 Å². The van der Waals surface area contributed by atoms with E-state index in [-0.39, 0.29) is 47.7 Å². The Hall–Kier alpha value is -2.81. The first-order chi connectivity index (χ1) is 15.1. The SMILES string of the molecule is O=C(NCc1ccccc1)C1CCC2C(=O)NC3C(c4cccc(F)c4)NNN3C2C1. The zero-order valence-corrected chi connectivity index (χ0v) is 17.1. The molecule has 5 atom stereocenters. The van der Waals surface area contributed by atoms with Crippen molar-refractivity contribution in [2.75, 3.05) is 0 Å². The van der Waals surface area contributed by atoms with E-state index in [0.717, 1.165) is 11.1 Å². The smallest absolute Gasteiger partial charge is 0.226 e. The molecule has 8 heteroatoms. The van der Waals surface area contributed by atoms with Crippen LogP contribution in [0.1, 0.15) is 36.4 Å². The minimum Gasteiger partial charge on any atom is -0.352 e. The number of carbonyl (C=O) groups is 2. The fourth-order valence-corrected chi connectivity index (χ4v) is 5.04. The molecule has 1 aliphatic carbocycles. The Labute approximate surface area is 180 Å². The molecule has 5 unspecified atom stereocenters. The number of hydrogen-bond acceptors (Lipinski definition) is 5. The van der Waals surface area contributed by atoms with Gasteiger partial charge < -0.3 is 10.6 Å². The molecule has 3 fully saturated rings. The molecular weight excluding hydrogens is 397 g/mol. The van der Waals surface area contributed by atoms with E-state index in [1.807, 2.05) is 41.4 Å². The number of fused-ring (bicyclic) bond motifs is 3. The van der Waals surface area contributed by atoms with E-state index >= 15 is 0 Å².